The van der Waals surface area contributed by atoms with Gasteiger partial charge in [0, 0.05) is 49.5 Å². The van der Waals surface area contributed by atoms with E-state index >= 15 is 0 Å². The Hall–Kier alpha value is -3.15. The molecule has 1 aliphatic heterocycles. The SMILES string of the molecule is O=C(NCc1ccc(N2CCCC2)cc1)c1ccnc(-n2ccnc2)c1. The lowest BCUT2D eigenvalue weighted by Crippen LogP contribution is -2.23. The molecule has 3 heterocycles. The smallest absolute Gasteiger partial charge is 0.251 e. The maximum Gasteiger partial charge on any atom is 0.251 e. The molecule has 132 valence electrons. The normalized spacial score (nSPS) is 13.8. The second kappa shape index (κ2) is 7.39. The van der Waals surface area contributed by atoms with Crippen molar-refractivity contribution in [2.24, 2.45) is 0 Å². The first kappa shape index (κ1) is 16.3. The van der Waals surface area contributed by atoms with Crippen LogP contribution in [0.3, 0.4) is 0 Å². The number of anilines is 1. The van der Waals surface area contributed by atoms with Gasteiger partial charge in [0.15, 0.2) is 0 Å². The molecular formula is C20H21N5O. The van der Waals surface area contributed by atoms with E-state index in [4.69, 9.17) is 0 Å². The van der Waals surface area contributed by atoms with E-state index in [0.29, 0.717) is 17.9 Å². The van der Waals surface area contributed by atoms with Gasteiger partial charge in [-0.3, -0.25) is 9.36 Å². The van der Waals surface area contributed by atoms with Crippen LogP contribution in [-0.2, 0) is 6.54 Å². The summed E-state index contributed by atoms with van der Waals surface area (Å²) in [5.74, 6) is 0.558. The van der Waals surface area contributed by atoms with Crippen molar-refractivity contribution in [3.63, 3.8) is 0 Å². The number of hydrogen-bond acceptors (Lipinski definition) is 4. The van der Waals surface area contributed by atoms with Crippen LogP contribution in [-0.4, -0.2) is 33.5 Å². The van der Waals surface area contributed by atoms with Crippen LogP contribution in [0.15, 0.2) is 61.3 Å². The first-order chi connectivity index (χ1) is 12.8. The van der Waals surface area contributed by atoms with Gasteiger partial charge >= 0.3 is 0 Å². The van der Waals surface area contributed by atoms with Gasteiger partial charge in [-0.05, 0) is 42.7 Å². The summed E-state index contributed by atoms with van der Waals surface area (Å²) in [6, 6.07) is 11.9. The molecule has 0 spiro atoms. The minimum absolute atomic E-state index is 0.114. The number of carbonyl (C=O) groups is 1. The van der Waals surface area contributed by atoms with Crippen molar-refractivity contribution in [3.05, 3.63) is 72.4 Å². The highest BCUT2D eigenvalue weighted by Gasteiger charge is 2.12. The molecule has 0 aliphatic carbocycles. The van der Waals surface area contributed by atoms with Gasteiger partial charge in [-0.15, -0.1) is 0 Å². The van der Waals surface area contributed by atoms with Crippen LogP contribution in [0.2, 0.25) is 0 Å². The number of aromatic nitrogens is 3. The van der Waals surface area contributed by atoms with Gasteiger partial charge in [0.1, 0.15) is 12.1 Å². The number of nitrogens with one attached hydrogen (secondary N) is 1. The molecule has 4 rings (SSSR count). The minimum Gasteiger partial charge on any atom is -0.372 e. The van der Waals surface area contributed by atoms with E-state index in [1.54, 1.807) is 41.6 Å². The summed E-state index contributed by atoms with van der Waals surface area (Å²) in [6.45, 7) is 2.77. The number of imidazole rings is 1. The summed E-state index contributed by atoms with van der Waals surface area (Å²) in [6.07, 6.45) is 9.31. The third-order valence-corrected chi connectivity index (χ3v) is 4.64. The predicted octanol–water partition coefficient (Wildman–Crippen LogP) is 2.80. The van der Waals surface area contributed by atoms with E-state index in [0.717, 1.165) is 18.7 Å². The largest absolute Gasteiger partial charge is 0.372 e. The molecule has 1 N–H and O–H groups in total. The molecule has 0 bridgehead atoms. The highest BCUT2D eigenvalue weighted by atomic mass is 16.1. The summed E-state index contributed by atoms with van der Waals surface area (Å²) in [5, 5.41) is 2.97. The molecular weight excluding hydrogens is 326 g/mol. The fourth-order valence-electron chi connectivity index (χ4n) is 3.18. The summed E-state index contributed by atoms with van der Waals surface area (Å²) in [7, 11) is 0. The first-order valence-electron chi connectivity index (χ1n) is 8.86. The van der Waals surface area contributed by atoms with E-state index in [9.17, 15) is 4.79 Å². The van der Waals surface area contributed by atoms with Gasteiger partial charge in [-0.25, -0.2) is 9.97 Å². The molecule has 26 heavy (non-hydrogen) atoms. The molecule has 1 aromatic carbocycles. The zero-order valence-corrected chi connectivity index (χ0v) is 14.5. The van der Waals surface area contributed by atoms with Crippen LogP contribution in [0.5, 0.6) is 0 Å². The highest BCUT2D eigenvalue weighted by Crippen LogP contribution is 2.20. The number of carbonyl (C=O) groups excluding carboxylic acids is 1. The van der Waals surface area contributed by atoms with Crippen molar-refractivity contribution >= 4 is 11.6 Å². The second-order valence-electron chi connectivity index (χ2n) is 6.42. The van der Waals surface area contributed by atoms with E-state index in [1.807, 2.05) is 0 Å². The van der Waals surface area contributed by atoms with Gasteiger partial charge in [0.25, 0.3) is 5.91 Å². The third-order valence-electron chi connectivity index (χ3n) is 4.64. The van der Waals surface area contributed by atoms with Crippen LogP contribution in [0, 0.1) is 0 Å². The first-order valence-corrected chi connectivity index (χ1v) is 8.86. The molecule has 2 aromatic heterocycles. The number of benzene rings is 1. The lowest BCUT2D eigenvalue weighted by molar-refractivity contribution is 0.0950. The van der Waals surface area contributed by atoms with Crippen LogP contribution in [0.25, 0.3) is 5.82 Å². The van der Waals surface area contributed by atoms with Gasteiger partial charge in [0.05, 0.1) is 0 Å². The molecule has 0 atom stereocenters. The molecule has 1 saturated heterocycles. The number of rotatable bonds is 5. The molecule has 0 unspecified atom stereocenters. The average molecular weight is 347 g/mol. The summed E-state index contributed by atoms with van der Waals surface area (Å²) >= 11 is 0. The Balaban J connectivity index is 1.38. The van der Waals surface area contributed by atoms with E-state index in [1.165, 1.54) is 18.5 Å². The number of amides is 1. The lowest BCUT2D eigenvalue weighted by atomic mass is 10.2. The Kier molecular flexibility index (Phi) is 4.64. The molecule has 0 radical (unpaired) electrons. The zero-order chi connectivity index (χ0) is 17.8. The molecule has 6 heteroatoms. The Morgan fingerprint density at radius 2 is 1.88 bits per heavy atom. The summed E-state index contributed by atoms with van der Waals surface area (Å²) in [5.41, 5.74) is 2.93. The maximum absolute atomic E-state index is 12.4. The Labute approximate surface area is 152 Å². The Morgan fingerprint density at radius 1 is 1.08 bits per heavy atom. The van der Waals surface area contributed by atoms with Crippen molar-refractivity contribution in [1.29, 1.82) is 0 Å². The Bertz CT molecular complexity index is 867. The molecule has 1 fully saturated rings. The summed E-state index contributed by atoms with van der Waals surface area (Å²) in [4.78, 5) is 23.1. The molecule has 1 aliphatic rings. The highest BCUT2D eigenvalue weighted by molar-refractivity contribution is 5.94. The lowest BCUT2D eigenvalue weighted by Gasteiger charge is -2.17. The Morgan fingerprint density at radius 3 is 2.62 bits per heavy atom. The molecule has 3 aromatic rings. The molecule has 0 saturated carbocycles. The van der Waals surface area contributed by atoms with Crippen molar-refractivity contribution in [2.75, 3.05) is 18.0 Å². The van der Waals surface area contributed by atoms with Gasteiger partial charge < -0.3 is 10.2 Å². The van der Waals surface area contributed by atoms with E-state index < -0.39 is 0 Å². The standard InChI is InChI=1S/C20H21N5O/c26-20(17-7-8-22-19(13-17)25-12-9-21-15-25)23-14-16-3-5-18(6-4-16)24-10-1-2-11-24/h3-9,12-13,15H,1-2,10-11,14H2,(H,23,26). The quantitative estimate of drug-likeness (QED) is 0.771. The van der Waals surface area contributed by atoms with Gasteiger partial charge in [0.2, 0.25) is 0 Å². The van der Waals surface area contributed by atoms with Crippen LogP contribution < -0.4 is 10.2 Å². The van der Waals surface area contributed by atoms with Gasteiger partial charge in [-0.1, -0.05) is 12.1 Å². The topological polar surface area (TPSA) is 63.1 Å². The van der Waals surface area contributed by atoms with Crippen LogP contribution in [0.1, 0.15) is 28.8 Å². The van der Waals surface area contributed by atoms with Crippen molar-refractivity contribution in [2.45, 2.75) is 19.4 Å². The van der Waals surface area contributed by atoms with Crippen molar-refractivity contribution < 1.29 is 4.79 Å². The number of nitrogens with zero attached hydrogens (tertiary/aromatic N) is 4. The number of hydrogen-bond donors (Lipinski definition) is 1. The average Bonchev–Trinajstić information content (AvgIpc) is 3.40. The zero-order valence-electron chi connectivity index (χ0n) is 14.5. The molecule has 1 amide bonds. The van der Waals surface area contributed by atoms with Crippen molar-refractivity contribution in [3.8, 4) is 5.82 Å². The molecule has 6 nitrogen and oxygen atoms in total. The van der Waals surface area contributed by atoms with Crippen LogP contribution >= 0.6 is 0 Å². The van der Waals surface area contributed by atoms with Crippen LogP contribution in [0.4, 0.5) is 5.69 Å². The predicted molar refractivity (Wildman–Crippen MR) is 100 cm³/mol. The fraction of sp³-hybridized carbons (Fsp3) is 0.250. The monoisotopic (exact) mass is 347 g/mol. The number of pyridine rings is 1. The minimum atomic E-state index is -0.114. The van der Waals surface area contributed by atoms with Crippen molar-refractivity contribution in [1.82, 2.24) is 19.9 Å². The third kappa shape index (κ3) is 3.59. The summed E-state index contributed by atoms with van der Waals surface area (Å²) < 4.78 is 1.77. The maximum atomic E-state index is 12.4. The fourth-order valence-corrected chi connectivity index (χ4v) is 3.18. The van der Waals surface area contributed by atoms with Gasteiger partial charge in [-0.2, -0.15) is 0 Å². The van der Waals surface area contributed by atoms with E-state index in [2.05, 4.69) is 44.5 Å². The second-order valence-corrected chi connectivity index (χ2v) is 6.42. The van der Waals surface area contributed by atoms with E-state index in [-0.39, 0.29) is 5.91 Å².